The molecule has 3 aromatic rings. The van der Waals surface area contributed by atoms with E-state index in [-0.39, 0.29) is 5.57 Å². The number of nitrogens with zero attached hydrogens (tertiary/aromatic N) is 1. The Labute approximate surface area is 216 Å². The summed E-state index contributed by atoms with van der Waals surface area (Å²) in [5.74, 6) is 0.823. The second-order valence-corrected chi connectivity index (χ2v) is 9.54. The van der Waals surface area contributed by atoms with Crippen molar-refractivity contribution >= 4 is 72.1 Å². The van der Waals surface area contributed by atoms with Crippen LogP contribution in [0.4, 0.5) is 5.69 Å². The number of halogens is 3. The molecule has 0 saturated carbocycles. The van der Waals surface area contributed by atoms with E-state index in [9.17, 15) is 10.1 Å². The third kappa shape index (κ3) is 6.58. The molecule has 32 heavy (non-hydrogen) atoms. The van der Waals surface area contributed by atoms with Crippen LogP contribution in [0.3, 0.4) is 0 Å². The van der Waals surface area contributed by atoms with Gasteiger partial charge in [0.2, 0.25) is 0 Å². The largest absolute Gasteiger partial charge is 0.497 e. The first kappa shape index (κ1) is 24.3. The smallest absolute Gasteiger partial charge is 0.266 e. The molecule has 0 unspecified atom stereocenters. The van der Waals surface area contributed by atoms with Crippen molar-refractivity contribution in [1.82, 2.24) is 0 Å². The zero-order chi connectivity index (χ0) is 23.1. The zero-order valence-electron chi connectivity index (χ0n) is 16.9. The fourth-order valence-electron chi connectivity index (χ4n) is 2.72. The van der Waals surface area contributed by atoms with E-state index in [0.717, 1.165) is 9.13 Å². The van der Waals surface area contributed by atoms with Gasteiger partial charge in [-0.05, 0) is 120 Å². The summed E-state index contributed by atoms with van der Waals surface area (Å²) >= 11 is 9.30. The zero-order valence-corrected chi connectivity index (χ0v) is 22.2. The number of anilines is 1. The molecule has 8 heteroatoms. The van der Waals surface area contributed by atoms with E-state index in [1.807, 2.05) is 30.3 Å². The van der Waals surface area contributed by atoms with Crippen molar-refractivity contribution < 1.29 is 14.3 Å². The van der Waals surface area contributed by atoms with Gasteiger partial charge in [0.25, 0.3) is 5.91 Å². The molecule has 0 saturated heterocycles. The normalized spacial score (nSPS) is 10.9. The molecule has 0 fully saturated rings. The summed E-state index contributed by atoms with van der Waals surface area (Å²) in [6.07, 6.45) is 1.53. The van der Waals surface area contributed by atoms with Gasteiger partial charge in [-0.1, -0.05) is 12.1 Å². The quantitative estimate of drug-likeness (QED) is 0.168. The molecular weight excluding hydrogens is 651 g/mol. The highest BCUT2D eigenvalue weighted by molar-refractivity contribution is 14.1. The first-order chi connectivity index (χ1) is 15.4. The number of nitriles is 1. The van der Waals surface area contributed by atoms with Gasteiger partial charge in [0, 0.05) is 9.26 Å². The van der Waals surface area contributed by atoms with Crippen LogP contribution in [-0.2, 0) is 11.4 Å². The Bertz CT molecular complexity index is 1160. The minimum Gasteiger partial charge on any atom is -0.497 e. The number of carbonyl (C=O) groups is 1. The van der Waals surface area contributed by atoms with Gasteiger partial charge in [-0.3, -0.25) is 4.79 Å². The summed E-state index contributed by atoms with van der Waals surface area (Å²) in [5.41, 5.74) is 2.27. The maximum absolute atomic E-state index is 12.5. The van der Waals surface area contributed by atoms with E-state index in [1.165, 1.54) is 6.08 Å². The van der Waals surface area contributed by atoms with Gasteiger partial charge >= 0.3 is 0 Å². The van der Waals surface area contributed by atoms with Crippen molar-refractivity contribution in [3.63, 3.8) is 0 Å². The van der Waals surface area contributed by atoms with E-state index in [1.54, 1.807) is 43.5 Å². The van der Waals surface area contributed by atoms with E-state index >= 15 is 0 Å². The molecular formula is C24H17Br2IN2O3. The number of hydrogen-bond donors (Lipinski definition) is 1. The van der Waals surface area contributed by atoms with Gasteiger partial charge in [0.05, 0.1) is 16.1 Å². The van der Waals surface area contributed by atoms with E-state index < -0.39 is 5.91 Å². The van der Waals surface area contributed by atoms with Crippen molar-refractivity contribution in [1.29, 1.82) is 5.26 Å². The first-order valence-electron chi connectivity index (χ1n) is 9.33. The molecule has 0 spiro atoms. The van der Waals surface area contributed by atoms with Crippen LogP contribution in [0.1, 0.15) is 11.1 Å². The maximum Gasteiger partial charge on any atom is 0.266 e. The number of ether oxygens (including phenoxy) is 2. The summed E-state index contributed by atoms with van der Waals surface area (Å²) < 4.78 is 13.6. The molecule has 5 nitrogen and oxygen atoms in total. The lowest BCUT2D eigenvalue weighted by Gasteiger charge is -2.12. The number of nitrogens with one attached hydrogen (secondary N) is 1. The molecule has 162 valence electrons. The van der Waals surface area contributed by atoms with Gasteiger partial charge in [-0.2, -0.15) is 5.26 Å². The average Bonchev–Trinajstić information content (AvgIpc) is 2.78. The predicted octanol–water partition coefficient (Wildman–Crippen LogP) is 6.95. The lowest BCUT2D eigenvalue weighted by atomic mass is 10.1. The second-order valence-electron chi connectivity index (χ2n) is 6.58. The van der Waals surface area contributed by atoms with Crippen LogP contribution in [-0.4, -0.2) is 13.0 Å². The van der Waals surface area contributed by atoms with E-state index in [0.29, 0.717) is 38.3 Å². The number of carbonyl (C=O) groups excluding carboxylic acids is 1. The Kier molecular flexibility index (Phi) is 8.73. The number of methoxy groups -OCH3 is 1. The number of hydrogen-bond acceptors (Lipinski definition) is 4. The van der Waals surface area contributed by atoms with Crippen LogP contribution >= 0.6 is 54.5 Å². The van der Waals surface area contributed by atoms with Crippen LogP contribution in [0.25, 0.3) is 6.08 Å². The molecule has 0 radical (unpaired) electrons. The number of benzene rings is 3. The predicted molar refractivity (Wildman–Crippen MR) is 141 cm³/mol. The molecule has 0 aliphatic heterocycles. The molecule has 3 rings (SSSR count). The number of rotatable bonds is 7. The summed E-state index contributed by atoms with van der Waals surface area (Å²) in [5, 5.41) is 12.2. The van der Waals surface area contributed by atoms with Crippen LogP contribution < -0.4 is 14.8 Å². The summed E-state index contributed by atoms with van der Waals surface area (Å²) in [7, 11) is 1.57. The fraction of sp³-hybridized carbons (Fsp3) is 0.0833. The van der Waals surface area contributed by atoms with Crippen molar-refractivity contribution in [2.45, 2.75) is 6.61 Å². The van der Waals surface area contributed by atoms with Gasteiger partial charge < -0.3 is 14.8 Å². The van der Waals surface area contributed by atoms with Crippen molar-refractivity contribution in [3.05, 3.63) is 89.9 Å². The Hall–Kier alpha value is -2.35. The van der Waals surface area contributed by atoms with Gasteiger partial charge in [-0.25, -0.2) is 0 Å². The monoisotopic (exact) mass is 666 g/mol. The molecule has 0 heterocycles. The Morgan fingerprint density at radius 2 is 1.72 bits per heavy atom. The van der Waals surface area contributed by atoms with Crippen molar-refractivity contribution in [3.8, 4) is 17.6 Å². The highest BCUT2D eigenvalue weighted by atomic mass is 127. The van der Waals surface area contributed by atoms with Crippen LogP contribution in [0.2, 0.25) is 0 Å². The van der Waals surface area contributed by atoms with E-state index in [2.05, 4.69) is 59.8 Å². The molecule has 0 aliphatic carbocycles. The Morgan fingerprint density at radius 3 is 2.28 bits per heavy atom. The third-order valence-corrected chi connectivity index (χ3v) is 6.24. The van der Waals surface area contributed by atoms with Gasteiger partial charge in [0.1, 0.15) is 29.7 Å². The van der Waals surface area contributed by atoms with Crippen molar-refractivity contribution in [2.75, 3.05) is 12.4 Å². The molecule has 0 atom stereocenters. The van der Waals surface area contributed by atoms with Crippen molar-refractivity contribution in [2.24, 2.45) is 0 Å². The number of amides is 1. The SMILES string of the molecule is COc1ccc(NC(=O)/C(C#N)=C\c2cc(Br)c(OCc3ccc(I)cc3)c(Br)c2)cc1. The highest BCUT2D eigenvalue weighted by Gasteiger charge is 2.13. The van der Waals surface area contributed by atoms with E-state index in [4.69, 9.17) is 9.47 Å². The minimum atomic E-state index is -0.496. The topological polar surface area (TPSA) is 71.3 Å². The molecule has 3 aromatic carbocycles. The van der Waals surface area contributed by atoms with Crippen LogP contribution in [0.15, 0.2) is 75.2 Å². The summed E-state index contributed by atoms with van der Waals surface area (Å²) in [4.78, 5) is 12.5. The van der Waals surface area contributed by atoms with Gasteiger partial charge in [-0.15, -0.1) is 0 Å². The molecule has 0 bridgehead atoms. The molecule has 0 aliphatic rings. The van der Waals surface area contributed by atoms with Crippen LogP contribution in [0, 0.1) is 14.9 Å². The summed E-state index contributed by atoms with van der Waals surface area (Å²) in [6.45, 7) is 0.414. The molecule has 1 N–H and O–H groups in total. The maximum atomic E-state index is 12.5. The Morgan fingerprint density at radius 1 is 1.09 bits per heavy atom. The molecule has 1 amide bonds. The standard InChI is InChI=1S/C24H17Br2IN2O3/c1-31-20-8-6-19(7-9-20)29-24(30)17(13-28)10-16-11-21(25)23(22(26)12-16)32-14-15-2-4-18(27)5-3-15/h2-12H,14H2,1H3,(H,29,30)/b17-10-. The first-order valence-corrected chi connectivity index (χ1v) is 12.0. The van der Waals surface area contributed by atoms with Crippen LogP contribution in [0.5, 0.6) is 11.5 Å². The minimum absolute atomic E-state index is 0.0211. The summed E-state index contributed by atoms with van der Waals surface area (Å²) in [6, 6.07) is 20.5. The highest BCUT2D eigenvalue weighted by Crippen LogP contribution is 2.36. The lowest BCUT2D eigenvalue weighted by Crippen LogP contribution is -2.13. The fourth-order valence-corrected chi connectivity index (χ4v) is 4.54. The average molecular weight is 668 g/mol. The third-order valence-electron chi connectivity index (χ3n) is 4.34. The lowest BCUT2D eigenvalue weighted by molar-refractivity contribution is -0.112. The second kappa shape index (κ2) is 11.5. The molecule has 0 aromatic heterocycles. The van der Waals surface area contributed by atoms with Gasteiger partial charge in [0.15, 0.2) is 0 Å². The Balaban J connectivity index is 1.74.